The van der Waals surface area contributed by atoms with Crippen molar-refractivity contribution in [3.63, 3.8) is 0 Å². The number of nitrogens with one attached hydrogen (secondary N) is 1. The molecule has 0 aromatic heterocycles. The van der Waals surface area contributed by atoms with Crippen molar-refractivity contribution in [2.45, 2.75) is 9.79 Å². The Hall–Kier alpha value is -0.670. The van der Waals surface area contributed by atoms with E-state index in [1.54, 1.807) is 0 Å². The van der Waals surface area contributed by atoms with Gasteiger partial charge in [0.1, 0.15) is 4.90 Å². The van der Waals surface area contributed by atoms with Crippen LogP contribution in [0.2, 0.25) is 5.02 Å². The van der Waals surface area contributed by atoms with Crippen molar-refractivity contribution >= 4 is 31.5 Å². The monoisotopic (exact) mass is 338 g/mol. The van der Waals surface area contributed by atoms with Gasteiger partial charge in [-0.25, -0.2) is 16.8 Å². The van der Waals surface area contributed by atoms with E-state index in [4.69, 9.17) is 11.6 Å². The van der Waals surface area contributed by atoms with Crippen LogP contribution in [0.4, 0.5) is 0 Å². The highest BCUT2D eigenvalue weighted by atomic mass is 35.5. The summed E-state index contributed by atoms with van der Waals surface area (Å²) in [5.74, 6) is 0. The van der Waals surface area contributed by atoms with E-state index in [0.717, 1.165) is 12.3 Å². The lowest BCUT2D eigenvalue weighted by molar-refractivity contribution is 0.360. The number of halogens is 1. The van der Waals surface area contributed by atoms with Crippen LogP contribution in [0.25, 0.3) is 0 Å². The number of sulfonamides is 1. The van der Waals surface area contributed by atoms with Gasteiger partial charge in [0.25, 0.3) is 0 Å². The van der Waals surface area contributed by atoms with Gasteiger partial charge in [0.15, 0.2) is 9.84 Å². The SMILES string of the molecule is CS(=O)(=O)c1ccc(Cl)c(S(=O)(=O)N2CCNCC2)c1. The second-order valence-electron chi connectivity index (χ2n) is 4.52. The lowest BCUT2D eigenvalue weighted by atomic mass is 10.4. The Kier molecular flexibility index (Phi) is 4.41. The molecule has 1 aromatic rings. The molecule has 9 heteroatoms. The largest absolute Gasteiger partial charge is 0.314 e. The number of nitrogens with zero attached hydrogens (tertiary/aromatic N) is 1. The fourth-order valence-electron chi connectivity index (χ4n) is 1.94. The Labute approximate surface area is 123 Å². The number of hydrogen-bond donors (Lipinski definition) is 1. The van der Waals surface area contributed by atoms with Gasteiger partial charge in [-0.2, -0.15) is 4.31 Å². The number of rotatable bonds is 3. The summed E-state index contributed by atoms with van der Waals surface area (Å²) in [6.07, 6.45) is 1.03. The molecular formula is C11H15ClN2O4S2. The summed E-state index contributed by atoms with van der Waals surface area (Å²) in [7, 11) is -7.27. The first kappa shape index (κ1) is 15.7. The van der Waals surface area contributed by atoms with Gasteiger partial charge in [-0.15, -0.1) is 0 Å². The maximum absolute atomic E-state index is 12.5. The highest BCUT2D eigenvalue weighted by molar-refractivity contribution is 7.91. The summed E-state index contributed by atoms with van der Waals surface area (Å²) in [6, 6.07) is 3.72. The summed E-state index contributed by atoms with van der Waals surface area (Å²) >= 11 is 5.93. The van der Waals surface area contributed by atoms with Crippen LogP contribution < -0.4 is 5.32 Å². The van der Waals surface area contributed by atoms with E-state index in [0.29, 0.717) is 26.2 Å². The normalized spacial score (nSPS) is 18.1. The Morgan fingerprint density at radius 2 is 1.75 bits per heavy atom. The van der Waals surface area contributed by atoms with Crippen LogP contribution in [0.15, 0.2) is 28.0 Å². The predicted molar refractivity (Wildman–Crippen MR) is 76.2 cm³/mol. The summed E-state index contributed by atoms with van der Waals surface area (Å²) in [4.78, 5) is -0.223. The maximum Gasteiger partial charge on any atom is 0.244 e. The molecule has 1 aromatic carbocycles. The van der Waals surface area contributed by atoms with E-state index in [9.17, 15) is 16.8 Å². The Morgan fingerprint density at radius 3 is 2.30 bits per heavy atom. The first-order chi connectivity index (χ1) is 9.23. The van der Waals surface area contributed by atoms with Gasteiger partial charge in [0.05, 0.1) is 9.92 Å². The molecule has 1 aliphatic rings. The Morgan fingerprint density at radius 1 is 1.15 bits per heavy atom. The molecule has 0 amide bonds. The minimum Gasteiger partial charge on any atom is -0.314 e. The molecule has 1 heterocycles. The lowest BCUT2D eigenvalue weighted by Crippen LogP contribution is -2.46. The van der Waals surface area contributed by atoms with Crippen LogP contribution in [-0.4, -0.2) is 53.6 Å². The first-order valence-corrected chi connectivity index (χ1v) is 9.64. The molecule has 0 radical (unpaired) electrons. The van der Waals surface area contributed by atoms with E-state index < -0.39 is 19.9 Å². The molecule has 0 bridgehead atoms. The Bertz CT molecular complexity index is 710. The molecule has 0 unspecified atom stereocenters. The molecule has 0 aliphatic carbocycles. The molecule has 6 nitrogen and oxygen atoms in total. The van der Waals surface area contributed by atoms with Gasteiger partial charge in [0, 0.05) is 32.4 Å². The smallest absolute Gasteiger partial charge is 0.244 e. The van der Waals surface area contributed by atoms with E-state index >= 15 is 0 Å². The minimum absolute atomic E-state index is 0.0240. The summed E-state index contributed by atoms with van der Waals surface area (Å²) in [5, 5.41) is 3.08. The molecule has 0 atom stereocenters. The molecule has 0 saturated carbocycles. The summed E-state index contributed by atoms with van der Waals surface area (Å²) in [6.45, 7) is 1.79. The standard InChI is InChI=1S/C11H15ClN2O4S2/c1-19(15,16)9-2-3-10(12)11(8-9)20(17,18)14-6-4-13-5-7-14/h2-3,8,13H,4-7H2,1H3. The van der Waals surface area contributed by atoms with Gasteiger partial charge in [-0.05, 0) is 18.2 Å². The highest BCUT2D eigenvalue weighted by Crippen LogP contribution is 2.27. The zero-order valence-corrected chi connectivity index (χ0v) is 13.2. The number of benzene rings is 1. The van der Waals surface area contributed by atoms with Crippen molar-refractivity contribution in [2.75, 3.05) is 32.4 Å². The van der Waals surface area contributed by atoms with Crippen LogP contribution in [-0.2, 0) is 19.9 Å². The van der Waals surface area contributed by atoms with Gasteiger partial charge in [-0.3, -0.25) is 0 Å². The number of sulfone groups is 1. The zero-order chi connectivity index (χ0) is 15.0. The Balaban J connectivity index is 2.50. The van der Waals surface area contributed by atoms with Crippen molar-refractivity contribution in [1.82, 2.24) is 9.62 Å². The van der Waals surface area contributed by atoms with Crippen LogP contribution >= 0.6 is 11.6 Å². The van der Waals surface area contributed by atoms with E-state index in [2.05, 4.69) is 5.32 Å². The third-order valence-electron chi connectivity index (χ3n) is 3.02. The van der Waals surface area contributed by atoms with Crippen molar-refractivity contribution in [1.29, 1.82) is 0 Å². The quantitative estimate of drug-likeness (QED) is 0.859. The second-order valence-corrected chi connectivity index (χ2v) is 8.85. The van der Waals surface area contributed by atoms with Crippen LogP contribution in [0, 0.1) is 0 Å². The van der Waals surface area contributed by atoms with Gasteiger partial charge in [0.2, 0.25) is 10.0 Å². The topological polar surface area (TPSA) is 83.5 Å². The molecule has 1 fully saturated rings. The fraction of sp³-hybridized carbons (Fsp3) is 0.455. The van der Waals surface area contributed by atoms with Gasteiger partial charge in [-0.1, -0.05) is 11.6 Å². The predicted octanol–water partition coefficient (Wildman–Crippen LogP) is 0.337. The average Bonchev–Trinajstić information content (AvgIpc) is 2.38. The van der Waals surface area contributed by atoms with Crippen LogP contribution in [0.1, 0.15) is 0 Å². The second kappa shape index (κ2) is 5.61. The third-order valence-corrected chi connectivity index (χ3v) is 6.52. The van der Waals surface area contributed by atoms with E-state index in [-0.39, 0.29) is 14.8 Å². The summed E-state index contributed by atoms with van der Waals surface area (Å²) in [5.41, 5.74) is 0. The fourth-order valence-corrected chi connectivity index (χ4v) is 4.60. The molecule has 112 valence electrons. The molecule has 1 saturated heterocycles. The molecule has 20 heavy (non-hydrogen) atoms. The minimum atomic E-state index is -3.78. The molecular weight excluding hydrogens is 324 g/mol. The average molecular weight is 339 g/mol. The molecule has 2 rings (SSSR count). The van der Waals surface area contributed by atoms with Crippen LogP contribution in [0.5, 0.6) is 0 Å². The van der Waals surface area contributed by atoms with Crippen LogP contribution in [0.3, 0.4) is 0 Å². The van der Waals surface area contributed by atoms with E-state index in [1.807, 2.05) is 0 Å². The number of hydrogen-bond acceptors (Lipinski definition) is 5. The lowest BCUT2D eigenvalue weighted by Gasteiger charge is -2.27. The maximum atomic E-state index is 12.5. The zero-order valence-electron chi connectivity index (χ0n) is 10.8. The molecule has 1 N–H and O–H groups in total. The third kappa shape index (κ3) is 3.15. The van der Waals surface area contributed by atoms with E-state index in [1.165, 1.54) is 16.4 Å². The van der Waals surface area contributed by atoms with Gasteiger partial charge >= 0.3 is 0 Å². The van der Waals surface area contributed by atoms with Gasteiger partial charge < -0.3 is 5.32 Å². The molecule has 0 spiro atoms. The highest BCUT2D eigenvalue weighted by Gasteiger charge is 2.28. The van der Waals surface area contributed by atoms with Crippen molar-refractivity contribution in [2.24, 2.45) is 0 Å². The van der Waals surface area contributed by atoms with Crippen molar-refractivity contribution in [3.8, 4) is 0 Å². The summed E-state index contributed by atoms with van der Waals surface area (Å²) < 4.78 is 49.4. The van der Waals surface area contributed by atoms with Crippen molar-refractivity contribution < 1.29 is 16.8 Å². The van der Waals surface area contributed by atoms with Crippen molar-refractivity contribution in [3.05, 3.63) is 23.2 Å². The molecule has 1 aliphatic heterocycles. The number of piperazine rings is 1. The first-order valence-electron chi connectivity index (χ1n) is 5.93.